The van der Waals surface area contributed by atoms with Crippen LogP contribution in [0.1, 0.15) is 10.7 Å². The minimum Gasteiger partial charge on any atom is -0.480 e. The van der Waals surface area contributed by atoms with E-state index in [1.165, 1.54) is 23.1 Å². The van der Waals surface area contributed by atoms with Gasteiger partial charge in [0, 0.05) is 29.8 Å². The highest BCUT2D eigenvalue weighted by atomic mass is 32.2. The van der Waals surface area contributed by atoms with Gasteiger partial charge in [-0.05, 0) is 25.1 Å². The Kier molecular flexibility index (Phi) is 4.14. The van der Waals surface area contributed by atoms with Crippen LogP contribution in [-0.4, -0.2) is 37.9 Å². The van der Waals surface area contributed by atoms with Gasteiger partial charge in [0.1, 0.15) is 21.6 Å². The molecule has 0 spiro atoms. The van der Waals surface area contributed by atoms with Crippen LogP contribution in [0.15, 0.2) is 41.5 Å². The maximum absolute atomic E-state index is 11.0. The highest BCUT2D eigenvalue weighted by molar-refractivity contribution is 8.15. The molecule has 6 nitrogen and oxygen atoms in total. The minimum absolute atomic E-state index is 0.455. The molecule has 8 heteroatoms. The number of benzene rings is 1. The van der Waals surface area contributed by atoms with Gasteiger partial charge in [-0.2, -0.15) is 0 Å². The fourth-order valence-corrected chi connectivity index (χ4v) is 4.49. The fraction of sp³-hybridized carbons (Fsp3) is 0.176. The second-order valence-corrected chi connectivity index (χ2v) is 7.52. The topological polar surface area (TPSA) is 84.7 Å². The Labute approximate surface area is 151 Å². The first-order chi connectivity index (χ1) is 12.1. The van der Waals surface area contributed by atoms with E-state index < -0.39 is 12.0 Å². The molecule has 1 N–H and O–H groups in total. The highest BCUT2D eigenvalue weighted by Gasteiger charge is 2.26. The number of pyridine rings is 1. The molecule has 1 aromatic carbocycles. The van der Waals surface area contributed by atoms with Crippen molar-refractivity contribution in [3.05, 3.63) is 47.2 Å². The van der Waals surface area contributed by atoms with E-state index in [-0.39, 0.29) is 0 Å². The lowest BCUT2D eigenvalue weighted by molar-refractivity contribution is -0.137. The number of aliphatic imine (C=N–C) groups is 1. The molecule has 4 rings (SSSR count). The molecule has 0 radical (unpaired) electrons. The van der Waals surface area contributed by atoms with Crippen LogP contribution in [0.5, 0.6) is 11.5 Å². The third kappa shape index (κ3) is 3.35. The van der Waals surface area contributed by atoms with E-state index in [4.69, 9.17) is 9.84 Å². The Hall–Kier alpha value is -2.45. The van der Waals surface area contributed by atoms with E-state index in [9.17, 15) is 4.79 Å². The number of rotatable bonds is 4. The first-order valence-electron chi connectivity index (χ1n) is 7.53. The van der Waals surface area contributed by atoms with Crippen LogP contribution in [0.4, 0.5) is 0 Å². The van der Waals surface area contributed by atoms with Crippen molar-refractivity contribution >= 4 is 44.3 Å². The van der Waals surface area contributed by atoms with E-state index in [1.54, 1.807) is 6.20 Å². The van der Waals surface area contributed by atoms with Gasteiger partial charge in [-0.15, -0.1) is 23.1 Å². The summed E-state index contributed by atoms with van der Waals surface area (Å²) in [6.45, 7) is 1.91. The van der Waals surface area contributed by atoms with Crippen molar-refractivity contribution in [2.45, 2.75) is 13.0 Å². The van der Waals surface area contributed by atoms with Gasteiger partial charge in [0.05, 0.1) is 10.2 Å². The maximum Gasteiger partial charge on any atom is 0.329 e. The minimum atomic E-state index is -0.896. The number of carboxylic acid groups (broad SMARTS) is 1. The first kappa shape index (κ1) is 16.0. The second kappa shape index (κ2) is 6.45. The summed E-state index contributed by atoms with van der Waals surface area (Å²) >= 11 is 2.92. The Morgan fingerprint density at radius 3 is 2.88 bits per heavy atom. The molecule has 1 unspecified atom stereocenters. The number of ether oxygens (including phenoxy) is 1. The summed E-state index contributed by atoms with van der Waals surface area (Å²) in [5.74, 6) is 1.01. The molecule has 1 aliphatic heterocycles. The van der Waals surface area contributed by atoms with Crippen molar-refractivity contribution < 1.29 is 14.6 Å². The molecular formula is C17H13N3O3S2. The van der Waals surface area contributed by atoms with Gasteiger partial charge < -0.3 is 9.84 Å². The zero-order chi connectivity index (χ0) is 17.4. The number of aliphatic carboxylic acids is 1. The third-order valence-electron chi connectivity index (χ3n) is 3.58. The molecule has 25 heavy (non-hydrogen) atoms. The molecule has 0 amide bonds. The Morgan fingerprint density at radius 1 is 1.28 bits per heavy atom. The number of hydrogen-bond acceptors (Lipinski definition) is 7. The van der Waals surface area contributed by atoms with Crippen LogP contribution in [0.25, 0.3) is 10.2 Å². The summed E-state index contributed by atoms with van der Waals surface area (Å²) in [7, 11) is 0. The lowest BCUT2D eigenvalue weighted by Gasteiger charge is -2.05. The Morgan fingerprint density at radius 2 is 2.12 bits per heavy atom. The summed E-state index contributed by atoms with van der Waals surface area (Å²) in [5, 5.41) is 10.5. The van der Waals surface area contributed by atoms with Gasteiger partial charge in [0.25, 0.3) is 0 Å². The predicted octanol–water partition coefficient (Wildman–Crippen LogP) is 3.74. The number of thioether (sulfide) groups is 1. The quantitative estimate of drug-likeness (QED) is 0.752. The molecule has 3 aromatic rings. The molecule has 0 saturated carbocycles. The van der Waals surface area contributed by atoms with Crippen molar-refractivity contribution in [3.8, 4) is 11.5 Å². The normalized spacial score (nSPS) is 16.8. The predicted molar refractivity (Wildman–Crippen MR) is 99.1 cm³/mol. The smallest absolute Gasteiger partial charge is 0.329 e. The molecule has 0 bridgehead atoms. The van der Waals surface area contributed by atoms with Crippen molar-refractivity contribution in [3.63, 3.8) is 0 Å². The van der Waals surface area contributed by atoms with E-state index in [1.807, 2.05) is 37.3 Å². The van der Waals surface area contributed by atoms with Crippen LogP contribution >= 0.6 is 23.1 Å². The van der Waals surface area contributed by atoms with E-state index in [0.29, 0.717) is 10.8 Å². The number of nitrogens with zero attached hydrogens (tertiary/aromatic N) is 3. The van der Waals surface area contributed by atoms with Crippen LogP contribution in [0.3, 0.4) is 0 Å². The maximum atomic E-state index is 11.0. The molecule has 1 atom stereocenters. The van der Waals surface area contributed by atoms with Crippen molar-refractivity contribution in [1.82, 2.24) is 9.97 Å². The number of fused-ring (bicyclic) bond motifs is 1. The van der Waals surface area contributed by atoms with Gasteiger partial charge in [0.2, 0.25) is 0 Å². The Bertz CT molecular complexity index is 1000. The van der Waals surface area contributed by atoms with E-state index in [0.717, 1.165) is 32.4 Å². The number of hydrogen-bond donors (Lipinski definition) is 1. The lowest BCUT2D eigenvalue weighted by atomic mass is 10.3. The van der Waals surface area contributed by atoms with Crippen molar-refractivity contribution in [2.24, 2.45) is 4.99 Å². The summed E-state index contributed by atoms with van der Waals surface area (Å²) in [4.78, 5) is 24.0. The number of aryl methyl sites for hydroxylation is 1. The summed E-state index contributed by atoms with van der Waals surface area (Å²) in [5.41, 5.74) is 1.74. The van der Waals surface area contributed by atoms with Gasteiger partial charge in [0.15, 0.2) is 6.04 Å². The summed E-state index contributed by atoms with van der Waals surface area (Å²) in [6, 6.07) is 8.70. The molecule has 1 aliphatic rings. The van der Waals surface area contributed by atoms with Crippen molar-refractivity contribution in [2.75, 3.05) is 5.75 Å². The van der Waals surface area contributed by atoms with Gasteiger partial charge in [-0.1, -0.05) is 0 Å². The number of thiazole rings is 1. The largest absolute Gasteiger partial charge is 0.480 e. The standard InChI is InChI=1S/C17H13N3O3S2/c1-9-6-11(4-5-18-9)23-10-2-3-12-14(7-10)25-16(19-12)15-20-13(8-24-15)17(21)22/h2-7,13H,8H2,1H3,(H,21,22). The number of aromatic nitrogens is 2. The summed E-state index contributed by atoms with van der Waals surface area (Å²) in [6.07, 6.45) is 1.71. The van der Waals surface area contributed by atoms with Crippen molar-refractivity contribution in [1.29, 1.82) is 0 Å². The molecule has 2 aromatic heterocycles. The second-order valence-electron chi connectivity index (χ2n) is 5.48. The van der Waals surface area contributed by atoms with E-state index in [2.05, 4.69) is 15.0 Å². The van der Waals surface area contributed by atoms with Gasteiger partial charge in [-0.25, -0.2) is 9.78 Å². The Balaban J connectivity index is 1.61. The highest BCUT2D eigenvalue weighted by Crippen LogP contribution is 2.32. The SMILES string of the molecule is Cc1cc(Oc2ccc3nc(C4=NC(C(=O)O)CS4)sc3c2)ccn1. The van der Waals surface area contributed by atoms with Crippen LogP contribution in [-0.2, 0) is 4.79 Å². The molecule has 0 aliphatic carbocycles. The molecule has 126 valence electrons. The lowest BCUT2D eigenvalue weighted by Crippen LogP contribution is -2.17. The summed E-state index contributed by atoms with van der Waals surface area (Å²) < 4.78 is 6.85. The van der Waals surface area contributed by atoms with Crippen LogP contribution in [0, 0.1) is 6.92 Å². The van der Waals surface area contributed by atoms with Gasteiger partial charge >= 0.3 is 5.97 Å². The zero-order valence-electron chi connectivity index (χ0n) is 13.2. The number of carbonyl (C=O) groups is 1. The zero-order valence-corrected chi connectivity index (χ0v) is 14.8. The molecule has 0 saturated heterocycles. The number of carboxylic acids is 1. The van der Waals surface area contributed by atoms with Gasteiger partial charge in [-0.3, -0.25) is 9.98 Å². The van der Waals surface area contributed by atoms with Crippen LogP contribution < -0.4 is 4.74 Å². The van der Waals surface area contributed by atoms with Crippen LogP contribution in [0.2, 0.25) is 0 Å². The molecule has 0 fully saturated rings. The fourth-order valence-electron chi connectivity index (χ4n) is 2.40. The molecular weight excluding hydrogens is 358 g/mol. The average Bonchev–Trinajstić information content (AvgIpc) is 3.21. The third-order valence-corrected chi connectivity index (χ3v) is 5.79. The first-order valence-corrected chi connectivity index (χ1v) is 9.33. The average molecular weight is 371 g/mol. The monoisotopic (exact) mass is 371 g/mol. The van der Waals surface area contributed by atoms with E-state index >= 15 is 0 Å². The molecule has 3 heterocycles.